The summed E-state index contributed by atoms with van der Waals surface area (Å²) in [6, 6.07) is 7.32. The topological polar surface area (TPSA) is 149 Å². The number of hydrogen-bond acceptors (Lipinski definition) is 9. The monoisotopic (exact) mass is 540 g/mol. The van der Waals surface area contributed by atoms with Gasteiger partial charge in [0.15, 0.2) is 5.60 Å². The van der Waals surface area contributed by atoms with Crippen molar-refractivity contribution in [2.45, 2.75) is 101 Å². The van der Waals surface area contributed by atoms with Gasteiger partial charge in [0, 0.05) is 26.4 Å². The molecule has 1 aromatic rings. The number of allylic oxidation sites excluding steroid dienone is 1. The normalized spacial score (nSPS) is 27.1. The molecule has 0 radical (unpaired) electrons. The average Bonchev–Trinajstić information content (AvgIpc) is 2.93. The van der Waals surface area contributed by atoms with Gasteiger partial charge in [0.25, 0.3) is 0 Å². The van der Waals surface area contributed by atoms with E-state index in [1.807, 2.05) is 12.1 Å². The molecule has 9 nitrogen and oxygen atoms in total. The minimum Gasteiger partial charge on any atom is -0.462 e. The number of ether oxygens (including phenoxy) is 3. The largest absolute Gasteiger partial charge is 0.462 e. The van der Waals surface area contributed by atoms with Gasteiger partial charge in [0.2, 0.25) is 6.29 Å². The summed E-state index contributed by atoms with van der Waals surface area (Å²) in [6.07, 6.45) is 0.00716. The third-order valence-corrected chi connectivity index (χ3v) is 7.18. The Kier molecular flexibility index (Phi) is 14.8. The van der Waals surface area contributed by atoms with Crippen LogP contribution in [0.1, 0.15) is 63.9 Å². The molecule has 1 aromatic carbocycles. The van der Waals surface area contributed by atoms with Crippen molar-refractivity contribution in [2.24, 2.45) is 5.92 Å². The standard InChI is InChI=1S/C29H48O9/c1-3-5-6-18-36-29(19-22(20-32)10-7-16-30)27(35)25(34)26(24(33)11-8-17-31)38-28(29)37-23-14-12-21(9-4-2)13-15-23/h4,12-15,22,24-28,30-35H,2-3,5-11,16-20H2,1H3/t22-,24-,25-,26-,27+,28+,29-/m1/s1. The lowest BCUT2D eigenvalue weighted by molar-refractivity contribution is -0.344. The summed E-state index contributed by atoms with van der Waals surface area (Å²) in [7, 11) is 0. The highest BCUT2D eigenvalue weighted by atomic mass is 16.7. The van der Waals surface area contributed by atoms with E-state index in [1.54, 1.807) is 18.2 Å². The first-order valence-corrected chi connectivity index (χ1v) is 13.9. The summed E-state index contributed by atoms with van der Waals surface area (Å²) in [6.45, 7) is 5.70. The molecule has 2 rings (SSSR count). The summed E-state index contributed by atoms with van der Waals surface area (Å²) >= 11 is 0. The molecular weight excluding hydrogens is 492 g/mol. The van der Waals surface area contributed by atoms with Crippen LogP contribution >= 0.6 is 0 Å². The molecule has 0 aromatic heterocycles. The number of rotatable bonds is 19. The quantitative estimate of drug-likeness (QED) is 0.115. The highest BCUT2D eigenvalue weighted by Crippen LogP contribution is 2.41. The van der Waals surface area contributed by atoms with Crippen molar-refractivity contribution in [2.75, 3.05) is 26.4 Å². The van der Waals surface area contributed by atoms with E-state index >= 15 is 0 Å². The van der Waals surface area contributed by atoms with Crippen LogP contribution < -0.4 is 4.74 Å². The van der Waals surface area contributed by atoms with Gasteiger partial charge in [0.1, 0.15) is 24.1 Å². The summed E-state index contributed by atoms with van der Waals surface area (Å²) < 4.78 is 18.8. The summed E-state index contributed by atoms with van der Waals surface area (Å²) in [5.74, 6) is 0.0862. The minimum absolute atomic E-state index is 0.0430. The maximum Gasteiger partial charge on any atom is 0.232 e. The van der Waals surface area contributed by atoms with E-state index in [0.29, 0.717) is 37.9 Å². The van der Waals surface area contributed by atoms with Crippen LogP contribution in [0.5, 0.6) is 5.75 Å². The Balaban J connectivity index is 2.47. The molecule has 9 heteroatoms. The van der Waals surface area contributed by atoms with Gasteiger partial charge in [-0.2, -0.15) is 0 Å². The number of hydrogen-bond donors (Lipinski definition) is 6. The fourth-order valence-electron chi connectivity index (χ4n) is 4.98. The molecule has 7 atom stereocenters. The van der Waals surface area contributed by atoms with Gasteiger partial charge in [0.05, 0.1) is 6.10 Å². The minimum atomic E-state index is -1.55. The maximum absolute atomic E-state index is 11.6. The molecule has 0 amide bonds. The first-order chi connectivity index (χ1) is 18.4. The van der Waals surface area contributed by atoms with Crippen LogP contribution in [0.4, 0.5) is 0 Å². The van der Waals surface area contributed by atoms with E-state index in [4.69, 9.17) is 14.2 Å². The van der Waals surface area contributed by atoms with Gasteiger partial charge in [-0.05, 0) is 68.6 Å². The van der Waals surface area contributed by atoms with Crippen LogP contribution in [-0.4, -0.2) is 93.4 Å². The van der Waals surface area contributed by atoms with E-state index in [-0.39, 0.29) is 45.2 Å². The maximum atomic E-state index is 11.6. The van der Waals surface area contributed by atoms with Crippen molar-refractivity contribution in [1.29, 1.82) is 0 Å². The molecule has 1 saturated heterocycles. The van der Waals surface area contributed by atoms with Crippen molar-refractivity contribution in [1.82, 2.24) is 0 Å². The van der Waals surface area contributed by atoms with Gasteiger partial charge < -0.3 is 44.8 Å². The SMILES string of the molecule is C=CCc1ccc(O[C@H]2O[C@H]([C@H](O)CCCO)[C@@H](O)[C@H](O)[C@@]2(C[C@H](CO)CCCO)OCCCCC)cc1. The molecule has 1 aliphatic heterocycles. The zero-order chi connectivity index (χ0) is 28.0. The van der Waals surface area contributed by atoms with Crippen LogP contribution in [-0.2, 0) is 15.9 Å². The van der Waals surface area contributed by atoms with E-state index in [9.17, 15) is 30.6 Å². The fraction of sp³-hybridized carbons (Fsp3) is 0.724. The van der Waals surface area contributed by atoms with Crippen molar-refractivity contribution in [3.05, 3.63) is 42.5 Å². The molecule has 1 aliphatic rings. The Morgan fingerprint density at radius 2 is 1.71 bits per heavy atom. The van der Waals surface area contributed by atoms with E-state index in [1.165, 1.54) is 0 Å². The zero-order valence-electron chi connectivity index (χ0n) is 22.7. The molecule has 0 spiro atoms. The summed E-state index contributed by atoms with van der Waals surface area (Å²) in [4.78, 5) is 0. The average molecular weight is 541 g/mol. The first-order valence-electron chi connectivity index (χ1n) is 13.9. The molecule has 0 unspecified atom stereocenters. The van der Waals surface area contributed by atoms with Gasteiger partial charge >= 0.3 is 0 Å². The van der Waals surface area contributed by atoms with Gasteiger partial charge in [-0.15, -0.1) is 6.58 Å². The van der Waals surface area contributed by atoms with Crippen LogP contribution in [0, 0.1) is 5.92 Å². The summed E-state index contributed by atoms with van der Waals surface area (Å²) in [5, 5.41) is 62.1. The molecular formula is C29H48O9. The van der Waals surface area contributed by atoms with Gasteiger partial charge in [-0.25, -0.2) is 0 Å². The predicted molar refractivity (Wildman–Crippen MR) is 144 cm³/mol. The Hall–Kier alpha value is -1.56. The van der Waals surface area contributed by atoms with Crippen LogP contribution in [0.3, 0.4) is 0 Å². The predicted octanol–water partition coefficient (Wildman–Crippen LogP) is 2.09. The molecule has 38 heavy (non-hydrogen) atoms. The van der Waals surface area contributed by atoms with Crippen molar-refractivity contribution in [3.63, 3.8) is 0 Å². The Morgan fingerprint density at radius 1 is 1.03 bits per heavy atom. The highest BCUT2D eigenvalue weighted by molar-refractivity contribution is 5.29. The van der Waals surface area contributed by atoms with E-state index < -0.39 is 36.3 Å². The van der Waals surface area contributed by atoms with Crippen LogP contribution in [0.25, 0.3) is 0 Å². The lowest BCUT2D eigenvalue weighted by Crippen LogP contribution is -2.70. The second-order valence-corrected chi connectivity index (χ2v) is 10.2. The smallest absolute Gasteiger partial charge is 0.232 e. The van der Waals surface area contributed by atoms with Crippen LogP contribution in [0.15, 0.2) is 36.9 Å². The molecule has 0 aliphatic carbocycles. The number of aliphatic hydroxyl groups is 6. The molecule has 6 N–H and O–H groups in total. The fourth-order valence-corrected chi connectivity index (χ4v) is 4.98. The molecule has 1 heterocycles. The Morgan fingerprint density at radius 3 is 2.32 bits per heavy atom. The van der Waals surface area contributed by atoms with Gasteiger partial charge in [-0.3, -0.25) is 0 Å². The van der Waals surface area contributed by atoms with E-state index in [2.05, 4.69) is 13.5 Å². The number of unbranched alkanes of at least 4 members (excludes halogenated alkanes) is 2. The van der Waals surface area contributed by atoms with Gasteiger partial charge in [-0.1, -0.05) is 38.0 Å². The van der Waals surface area contributed by atoms with Crippen molar-refractivity contribution >= 4 is 0 Å². The second kappa shape index (κ2) is 17.2. The Bertz CT molecular complexity index is 774. The van der Waals surface area contributed by atoms with E-state index in [0.717, 1.165) is 18.4 Å². The number of aliphatic hydroxyl groups excluding tert-OH is 6. The first kappa shape index (κ1) is 32.7. The second-order valence-electron chi connectivity index (χ2n) is 10.2. The highest BCUT2D eigenvalue weighted by Gasteiger charge is 2.59. The molecule has 218 valence electrons. The third-order valence-electron chi connectivity index (χ3n) is 7.18. The Labute approximate surface area is 226 Å². The van der Waals surface area contributed by atoms with Crippen molar-refractivity contribution in [3.8, 4) is 5.75 Å². The lowest BCUT2D eigenvalue weighted by atomic mass is 9.77. The van der Waals surface area contributed by atoms with Crippen LogP contribution in [0.2, 0.25) is 0 Å². The summed E-state index contributed by atoms with van der Waals surface area (Å²) in [5.41, 5.74) is -0.515. The third kappa shape index (κ3) is 8.99. The lowest BCUT2D eigenvalue weighted by Gasteiger charge is -2.52. The zero-order valence-corrected chi connectivity index (χ0v) is 22.7. The number of benzene rings is 1. The molecule has 1 fully saturated rings. The molecule has 0 saturated carbocycles. The van der Waals surface area contributed by atoms with Crippen molar-refractivity contribution < 1.29 is 44.8 Å². The molecule has 0 bridgehead atoms.